The van der Waals surface area contributed by atoms with Gasteiger partial charge in [0.25, 0.3) is 11.8 Å². The zero-order valence-electron chi connectivity index (χ0n) is 22.1. The van der Waals surface area contributed by atoms with Crippen LogP contribution in [0.1, 0.15) is 21.5 Å². The number of morpholine rings is 1. The highest BCUT2D eigenvalue weighted by Gasteiger charge is 2.30. The van der Waals surface area contributed by atoms with Gasteiger partial charge in [-0.3, -0.25) is 14.5 Å². The summed E-state index contributed by atoms with van der Waals surface area (Å²) in [6, 6.07) is 20.1. The molecule has 2 fully saturated rings. The van der Waals surface area contributed by atoms with Gasteiger partial charge in [0.2, 0.25) is 0 Å². The van der Waals surface area contributed by atoms with Crippen LogP contribution >= 0.6 is 23.4 Å². The van der Waals surface area contributed by atoms with E-state index in [1.54, 1.807) is 43.3 Å². The number of amidine groups is 1. The van der Waals surface area contributed by atoms with E-state index in [0.717, 1.165) is 11.1 Å². The van der Waals surface area contributed by atoms with Crippen molar-refractivity contribution in [2.24, 2.45) is 4.99 Å². The number of halogens is 1. The molecular formula is C30H28ClN3O5S. The molecule has 0 radical (unpaired) electrons. The van der Waals surface area contributed by atoms with E-state index in [0.29, 0.717) is 70.8 Å². The average molecular weight is 578 g/mol. The topological polar surface area (TPSA) is 80.7 Å². The number of thioether (sulfide) groups is 1. The fourth-order valence-corrected chi connectivity index (χ4v) is 5.41. The summed E-state index contributed by atoms with van der Waals surface area (Å²) in [5, 5.41) is 1.16. The molecule has 2 aliphatic heterocycles. The van der Waals surface area contributed by atoms with Crippen LogP contribution in [0.3, 0.4) is 0 Å². The number of likely N-dealkylation sites (N-methyl/N-ethyl adjacent to an activating group) is 1. The molecule has 10 heteroatoms. The Morgan fingerprint density at radius 2 is 1.88 bits per heavy atom. The van der Waals surface area contributed by atoms with Crippen molar-refractivity contribution in [1.29, 1.82) is 0 Å². The highest BCUT2D eigenvalue weighted by molar-refractivity contribution is 8.18. The minimum Gasteiger partial charge on any atom is -0.493 e. The first-order valence-corrected chi connectivity index (χ1v) is 13.9. The van der Waals surface area contributed by atoms with E-state index in [2.05, 4.69) is 4.99 Å². The van der Waals surface area contributed by atoms with Gasteiger partial charge in [-0.05, 0) is 59.8 Å². The summed E-state index contributed by atoms with van der Waals surface area (Å²) >= 11 is 7.51. The minimum absolute atomic E-state index is 0.0531. The Balaban J connectivity index is 1.31. The number of hydrogen-bond donors (Lipinski definition) is 0. The summed E-state index contributed by atoms with van der Waals surface area (Å²) in [5.41, 5.74) is 2.81. The van der Waals surface area contributed by atoms with Gasteiger partial charge in [0.1, 0.15) is 6.61 Å². The van der Waals surface area contributed by atoms with Gasteiger partial charge in [0, 0.05) is 36.3 Å². The molecule has 0 atom stereocenters. The normalized spacial score (nSPS) is 17.5. The molecule has 5 rings (SSSR count). The molecule has 0 N–H and O–H groups in total. The fourth-order valence-electron chi connectivity index (χ4n) is 4.24. The van der Waals surface area contributed by atoms with E-state index in [1.165, 1.54) is 16.7 Å². The predicted molar refractivity (Wildman–Crippen MR) is 157 cm³/mol. The molecule has 0 spiro atoms. The smallest absolute Gasteiger partial charge is 0.266 e. The van der Waals surface area contributed by atoms with Gasteiger partial charge in [-0.1, -0.05) is 41.9 Å². The van der Waals surface area contributed by atoms with Crippen LogP contribution in [0.15, 0.2) is 76.6 Å². The third kappa shape index (κ3) is 6.33. The Morgan fingerprint density at radius 1 is 1.07 bits per heavy atom. The second-order valence-electron chi connectivity index (χ2n) is 9.11. The zero-order chi connectivity index (χ0) is 28.1. The van der Waals surface area contributed by atoms with E-state index >= 15 is 0 Å². The minimum atomic E-state index is -0.165. The van der Waals surface area contributed by atoms with E-state index in [-0.39, 0.29) is 11.8 Å². The van der Waals surface area contributed by atoms with Gasteiger partial charge >= 0.3 is 0 Å². The van der Waals surface area contributed by atoms with Crippen LogP contribution in [0.2, 0.25) is 5.02 Å². The first-order valence-electron chi connectivity index (χ1n) is 12.7. The first-order chi connectivity index (χ1) is 19.4. The predicted octanol–water partition coefficient (Wildman–Crippen LogP) is 5.63. The maximum Gasteiger partial charge on any atom is 0.266 e. The number of rotatable bonds is 7. The molecule has 2 aliphatic rings. The van der Waals surface area contributed by atoms with Gasteiger partial charge < -0.3 is 19.1 Å². The van der Waals surface area contributed by atoms with Gasteiger partial charge in [-0.15, -0.1) is 0 Å². The third-order valence-corrected chi connectivity index (χ3v) is 7.88. The van der Waals surface area contributed by atoms with Crippen molar-refractivity contribution in [3.63, 3.8) is 0 Å². The lowest BCUT2D eigenvalue weighted by Crippen LogP contribution is -2.40. The largest absolute Gasteiger partial charge is 0.493 e. The number of aliphatic imine (C=N–C) groups is 1. The highest BCUT2D eigenvalue weighted by atomic mass is 35.5. The Labute approximate surface area is 242 Å². The van der Waals surface area contributed by atoms with Gasteiger partial charge in [0.15, 0.2) is 16.7 Å². The number of benzene rings is 3. The lowest BCUT2D eigenvalue weighted by molar-refractivity contribution is -0.121. The van der Waals surface area contributed by atoms with Crippen LogP contribution < -0.4 is 9.47 Å². The summed E-state index contributed by atoms with van der Waals surface area (Å²) in [6.07, 6.45) is 1.80. The lowest BCUT2D eigenvalue weighted by Gasteiger charge is -2.26. The summed E-state index contributed by atoms with van der Waals surface area (Å²) < 4.78 is 16.8. The lowest BCUT2D eigenvalue weighted by atomic mass is 10.1. The molecule has 0 unspecified atom stereocenters. The molecule has 2 saturated heterocycles. The van der Waals surface area contributed by atoms with Crippen molar-refractivity contribution in [3.05, 3.63) is 93.3 Å². The fraction of sp³-hybridized carbons (Fsp3) is 0.233. The van der Waals surface area contributed by atoms with Gasteiger partial charge in [-0.2, -0.15) is 0 Å². The Bertz CT molecular complexity index is 1490. The van der Waals surface area contributed by atoms with Crippen molar-refractivity contribution in [2.75, 3.05) is 40.5 Å². The van der Waals surface area contributed by atoms with Crippen LogP contribution in [0, 0.1) is 0 Å². The second-order valence-corrected chi connectivity index (χ2v) is 10.5. The average Bonchev–Trinajstić information content (AvgIpc) is 3.24. The molecule has 8 nitrogen and oxygen atoms in total. The monoisotopic (exact) mass is 577 g/mol. The van der Waals surface area contributed by atoms with Crippen LogP contribution in [-0.4, -0.2) is 67.2 Å². The summed E-state index contributed by atoms with van der Waals surface area (Å²) in [5.74, 6) is 0.895. The first kappa shape index (κ1) is 27.8. The number of nitrogens with zero attached hydrogens (tertiary/aromatic N) is 3. The SMILES string of the molecule is COc1cc(/C=C2/SC(=Nc3cccc(C(=O)N4CCOCC4)c3)N(C)C2=O)ccc1OCc1ccccc1Cl. The number of hydrogen-bond acceptors (Lipinski definition) is 7. The van der Waals surface area contributed by atoms with Crippen molar-refractivity contribution in [1.82, 2.24) is 9.80 Å². The molecular weight excluding hydrogens is 550 g/mol. The number of carbonyl (C=O) groups is 2. The van der Waals surface area contributed by atoms with E-state index in [1.807, 2.05) is 48.5 Å². The number of amides is 2. The molecule has 0 aromatic heterocycles. The van der Waals surface area contributed by atoms with Crippen LogP contribution in [0.4, 0.5) is 5.69 Å². The maximum atomic E-state index is 13.0. The summed E-state index contributed by atoms with van der Waals surface area (Å²) in [4.78, 5) is 34.4. The molecule has 0 saturated carbocycles. The van der Waals surface area contributed by atoms with E-state index in [4.69, 9.17) is 25.8 Å². The van der Waals surface area contributed by atoms with Crippen molar-refractivity contribution < 1.29 is 23.8 Å². The number of ether oxygens (including phenoxy) is 3. The molecule has 3 aromatic rings. The molecule has 0 aliphatic carbocycles. The Kier molecular flexibility index (Phi) is 8.74. The van der Waals surface area contributed by atoms with E-state index < -0.39 is 0 Å². The van der Waals surface area contributed by atoms with Gasteiger partial charge in [-0.25, -0.2) is 4.99 Å². The highest BCUT2D eigenvalue weighted by Crippen LogP contribution is 2.35. The zero-order valence-corrected chi connectivity index (χ0v) is 23.7. The molecule has 0 bridgehead atoms. The van der Waals surface area contributed by atoms with E-state index in [9.17, 15) is 9.59 Å². The number of methoxy groups -OCH3 is 1. The van der Waals surface area contributed by atoms with Crippen LogP contribution in [0.5, 0.6) is 11.5 Å². The second kappa shape index (κ2) is 12.6. The van der Waals surface area contributed by atoms with Crippen LogP contribution in [0.25, 0.3) is 6.08 Å². The third-order valence-electron chi connectivity index (χ3n) is 6.45. The standard InChI is InChI=1S/C30H28ClN3O5S/c1-33-29(36)27(17-20-10-11-25(26(16-20)37-2)39-19-22-6-3-4-9-24(22)31)40-30(33)32-23-8-5-7-21(18-23)28(35)34-12-14-38-15-13-34/h3-11,16-18H,12-15,19H2,1-2H3/b27-17+,32-30?. The molecule has 40 heavy (non-hydrogen) atoms. The Hall–Kier alpha value is -3.79. The van der Waals surface area contributed by atoms with Crippen LogP contribution in [-0.2, 0) is 16.1 Å². The quantitative estimate of drug-likeness (QED) is 0.338. The molecule has 206 valence electrons. The Morgan fingerprint density at radius 3 is 2.65 bits per heavy atom. The van der Waals surface area contributed by atoms with Crippen molar-refractivity contribution in [3.8, 4) is 11.5 Å². The number of carbonyl (C=O) groups excluding carboxylic acids is 2. The molecule has 2 amide bonds. The summed E-state index contributed by atoms with van der Waals surface area (Å²) in [6.45, 7) is 2.51. The van der Waals surface area contributed by atoms with Gasteiger partial charge in [0.05, 0.1) is 30.9 Å². The molecule has 3 aromatic carbocycles. The van der Waals surface area contributed by atoms with Crippen molar-refractivity contribution in [2.45, 2.75) is 6.61 Å². The summed E-state index contributed by atoms with van der Waals surface area (Å²) in [7, 11) is 3.25. The molecule has 2 heterocycles. The van der Waals surface area contributed by atoms with Crippen molar-refractivity contribution >= 4 is 52.1 Å². The maximum absolute atomic E-state index is 13.0.